The van der Waals surface area contributed by atoms with E-state index in [0.29, 0.717) is 6.42 Å². The van der Waals surface area contributed by atoms with Crippen LogP contribution in [-0.2, 0) is 14.4 Å². The van der Waals surface area contributed by atoms with E-state index >= 15 is 0 Å². The Labute approximate surface area is 119 Å². The lowest BCUT2D eigenvalue weighted by Gasteiger charge is -2.41. The largest absolute Gasteiger partial charge is 0.411 e. The molecule has 0 amide bonds. The Morgan fingerprint density at radius 1 is 1.15 bits per heavy atom. The minimum atomic E-state index is -1.24. The van der Waals surface area contributed by atoms with E-state index in [1.807, 2.05) is 6.92 Å². The van der Waals surface area contributed by atoms with Crippen LogP contribution in [0.1, 0.15) is 48.0 Å². The van der Waals surface area contributed by atoms with E-state index in [9.17, 15) is 19.6 Å². The maximum Gasteiger partial charge on any atom is 0.162 e. The van der Waals surface area contributed by atoms with Gasteiger partial charge in [0.15, 0.2) is 17.3 Å². The fourth-order valence-electron chi connectivity index (χ4n) is 2.76. The van der Waals surface area contributed by atoms with E-state index in [0.717, 1.165) is 0 Å². The molecule has 0 bridgehead atoms. The molecule has 0 saturated heterocycles. The molecular formula is C15H23NO4. The van der Waals surface area contributed by atoms with Crippen LogP contribution in [0.3, 0.4) is 0 Å². The van der Waals surface area contributed by atoms with Crippen LogP contribution >= 0.6 is 0 Å². The minimum absolute atomic E-state index is 0.163. The molecule has 1 saturated carbocycles. The molecule has 1 rings (SSSR count). The third kappa shape index (κ3) is 2.19. The topological polar surface area (TPSA) is 83.8 Å². The SMILES string of the molecule is CCC(C)/C(=N\O)C1C(=O)C(C)(C)C(=O)C(C)(C)C1=O. The van der Waals surface area contributed by atoms with Gasteiger partial charge in [0, 0.05) is 0 Å². The molecule has 0 radical (unpaired) electrons. The number of nitrogens with zero attached hydrogens (tertiary/aromatic N) is 1. The molecule has 1 aliphatic rings. The molecule has 1 atom stereocenters. The van der Waals surface area contributed by atoms with Crippen molar-refractivity contribution in [2.24, 2.45) is 27.8 Å². The summed E-state index contributed by atoms with van der Waals surface area (Å²) in [5.41, 5.74) is -2.33. The van der Waals surface area contributed by atoms with Crippen LogP contribution in [0, 0.1) is 22.7 Å². The van der Waals surface area contributed by atoms with E-state index in [1.165, 1.54) is 27.7 Å². The Morgan fingerprint density at radius 3 is 1.85 bits per heavy atom. The molecule has 5 heteroatoms. The van der Waals surface area contributed by atoms with Crippen LogP contribution < -0.4 is 0 Å². The predicted molar refractivity (Wildman–Crippen MR) is 74.7 cm³/mol. The van der Waals surface area contributed by atoms with Gasteiger partial charge in [0.05, 0.1) is 16.5 Å². The Morgan fingerprint density at radius 2 is 1.55 bits per heavy atom. The van der Waals surface area contributed by atoms with Gasteiger partial charge in [-0.25, -0.2) is 0 Å². The van der Waals surface area contributed by atoms with Crippen LogP contribution in [0.15, 0.2) is 5.16 Å². The minimum Gasteiger partial charge on any atom is -0.411 e. The predicted octanol–water partition coefficient (Wildman–Crippen LogP) is 2.25. The van der Waals surface area contributed by atoms with Crippen molar-refractivity contribution >= 4 is 23.1 Å². The lowest BCUT2D eigenvalue weighted by molar-refractivity contribution is -0.157. The summed E-state index contributed by atoms with van der Waals surface area (Å²) in [5, 5.41) is 12.4. The molecule has 1 unspecified atom stereocenters. The molecule has 0 aromatic carbocycles. The van der Waals surface area contributed by atoms with E-state index < -0.39 is 28.3 Å². The summed E-state index contributed by atoms with van der Waals surface area (Å²) < 4.78 is 0. The molecule has 1 N–H and O–H groups in total. The van der Waals surface area contributed by atoms with Crippen molar-refractivity contribution in [3.63, 3.8) is 0 Å². The van der Waals surface area contributed by atoms with E-state index in [1.54, 1.807) is 6.92 Å². The molecular weight excluding hydrogens is 258 g/mol. The normalized spacial score (nSPS) is 24.9. The van der Waals surface area contributed by atoms with Gasteiger partial charge in [-0.3, -0.25) is 14.4 Å². The Hall–Kier alpha value is -1.52. The zero-order valence-corrected chi connectivity index (χ0v) is 13.0. The third-order valence-corrected chi connectivity index (χ3v) is 4.42. The van der Waals surface area contributed by atoms with Gasteiger partial charge >= 0.3 is 0 Å². The van der Waals surface area contributed by atoms with Crippen molar-refractivity contribution < 1.29 is 19.6 Å². The molecule has 0 aromatic rings. The summed E-state index contributed by atoms with van der Waals surface area (Å²) in [6, 6.07) is 0. The van der Waals surface area contributed by atoms with E-state index in [4.69, 9.17) is 0 Å². The van der Waals surface area contributed by atoms with Crippen LogP contribution in [0.25, 0.3) is 0 Å². The molecule has 1 aliphatic carbocycles. The molecule has 0 heterocycles. The first-order chi connectivity index (χ1) is 9.03. The quantitative estimate of drug-likeness (QED) is 0.372. The molecule has 112 valence electrons. The number of hydrogen-bond donors (Lipinski definition) is 1. The fourth-order valence-corrected chi connectivity index (χ4v) is 2.76. The molecule has 0 spiro atoms. The van der Waals surface area contributed by atoms with Crippen molar-refractivity contribution in [3.05, 3.63) is 0 Å². The van der Waals surface area contributed by atoms with Crippen molar-refractivity contribution in [2.45, 2.75) is 48.0 Å². The molecule has 0 aliphatic heterocycles. The first kappa shape index (κ1) is 16.5. The number of rotatable bonds is 3. The van der Waals surface area contributed by atoms with Gasteiger partial charge in [-0.15, -0.1) is 0 Å². The third-order valence-electron chi connectivity index (χ3n) is 4.42. The average molecular weight is 281 g/mol. The monoisotopic (exact) mass is 281 g/mol. The van der Waals surface area contributed by atoms with Crippen LogP contribution in [0.2, 0.25) is 0 Å². The first-order valence-electron chi connectivity index (χ1n) is 6.88. The highest BCUT2D eigenvalue weighted by molar-refractivity contribution is 6.36. The van der Waals surface area contributed by atoms with Crippen molar-refractivity contribution in [3.8, 4) is 0 Å². The molecule has 0 aromatic heterocycles. The summed E-state index contributed by atoms with van der Waals surface area (Å²) in [7, 11) is 0. The second kappa shape index (κ2) is 5.11. The number of Topliss-reactive ketones (excluding diaryl/α,β-unsaturated/α-hetero) is 3. The summed E-state index contributed by atoms with van der Waals surface area (Å²) >= 11 is 0. The van der Waals surface area contributed by atoms with Gasteiger partial charge in [-0.05, 0) is 40.0 Å². The van der Waals surface area contributed by atoms with Crippen molar-refractivity contribution in [1.82, 2.24) is 0 Å². The number of carbonyl (C=O) groups excluding carboxylic acids is 3. The molecule has 20 heavy (non-hydrogen) atoms. The second-order valence-electron chi connectivity index (χ2n) is 6.57. The number of ketones is 3. The van der Waals surface area contributed by atoms with Crippen LogP contribution in [0.5, 0.6) is 0 Å². The van der Waals surface area contributed by atoms with E-state index in [-0.39, 0.29) is 17.4 Å². The number of carbonyl (C=O) groups is 3. The lowest BCUT2D eigenvalue weighted by atomic mass is 9.57. The zero-order valence-electron chi connectivity index (χ0n) is 13.0. The van der Waals surface area contributed by atoms with Gasteiger partial charge < -0.3 is 5.21 Å². The smallest absolute Gasteiger partial charge is 0.162 e. The van der Waals surface area contributed by atoms with Gasteiger partial charge in [0.25, 0.3) is 0 Å². The zero-order chi connectivity index (χ0) is 15.9. The number of oxime groups is 1. The van der Waals surface area contributed by atoms with Gasteiger partial charge in [0.2, 0.25) is 0 Å². The van der Waals surface area contributed by atoms with E-state index in [2.05, 4.69) is 5.16 Å². The lowest BCUT2D eigenvalue weighted by Crippen LogP contribution is -2.59. The summed E-state index contributed by atoms with van der Waals surface area (Å²) in [6.07, 6.45) is 0.644. The van der Waals surface area contributed by atoms with Gasteiger partial charge in [0.1, 0.15) is 5.92 Å². The first-order valence-corrected chi connectivity index (χ1v) is 6.88. The highest BCUT2D eigenvalue weighted by Crippen LogP contribution is 2.42. The summed E-state index contributed by atoms with van der Waals surface area (Å²) in [5.74, 6) is -2.65. The Balaban J connectivity index is 3.43. The maximum atomic E-state index is 12.5. The van der Waals surface area contributed by atoms with Gasteiger partial charge in [-0.2, -0.15) is 0 Å². The molecule has 1 fully saturated rings. The maximum absolute atomic E-state index is 12.5. The van der Waals surface area contributed by atoms with Crippen LogP contribution in [-0.4, -0.2) is 28.3 Å². The summed E-state index contributed by atoms with van der Waals surface area (Å²) in [6.45, 7) is 9.81. The Kier molecular flexibility index (Phi) is 4.22. The summed E-state index contributed by atoms with van der Waals surface area (Å²) in [4.78, 5) is 37.4. The fraction of sp³-hybridized carbons (Fsp3) is 0.733. The highest BCUT2D eigenvalue weighted by atomic mass is 16.4. The number of hydrogen-bond acceptors (Lipinski definition) is 5. The highest BCUT2D eigenvalue weighted by Gasteiger charge is 2.59. The van der Waals surface area contributed by atoms with Crippen molar-refractivity contribution in [1.29, 1.82) is 0 Å². The van der Waals surface area contributed by atoms with Crippen molar-refractivity contribution in [2.75, 3.05) is 0 Å². The molecule has 5 nitrogen and oxygen atoms in total. The Bertz CT molecular complexity index is 458. The standard InChI is InChI=1S/C15H23NO4/c1-7-8(2)10(16-20)9-11(17)14(3,4)13(19)15(5,6)12(9)18/h8-9,20H,7H2,1-6H3/b16-10+. The van der Waals surface area contributed by atoms with Crippen LogP contribution in [0.4, 0.5) is 0 Å². The second-order valence-corrected chi connectivity index (χ2v) is 6.57. The average Bonchev–Trinajstić information content (AvgIpc) is 2.39. The van der Waals surface area contributed by atoms with Gasteiger partial charge in [-0.1, -0.05) is 19.0 Å².